The molecular weight excluding hydrogens is 298 g/mol. The number of benzene rings is 1. The molecule has 2 aromatic rings. The van der Waals surface area contributed by atoms with Gasteiger partial charge in [-0.25, -0.2) is 0 Å². The lowest BCUT2D eigenvalue weighted by Gasteiger charge is -2.09. The van der Waals surface area contributed by atoms with Gasteiger partial charge in [-0.2, -0.15) is 0 Å². The van der Waals surface area contributed by atoms with Crippen molar-refractivity contribution in [3.8, 4) is 5.69 Å². The largest absolute Gasteiger partial charge is 0.385 e. The van der Waals surface area contributed by atoms with Crippen molar-refractivity contribution in [2.45, 2.75) is 33.2 Å². The van der Waals surface area contributed by atoms with Crippen LogP contribution in [0.2, 0.25) is 5.02 Å². The summed E-state index contributed by atoms with van der Waals surface area (Å²) in [6, 6.07) is 8.21. The van der Waals surface area contributed by atoms with E-state index in [0.29, 0.717) is 6.04 Å². The monoisotopic (exact) mass is 321 g/mol. The van der Waals surface area contributed by atoms with Crippen LogP contribution in [0.1, 0.15) is 32.0 Å². The molecule has 0 saturated carbocycles. The smallest absolute Gasteiger partial charge is 0.210 e. The Morgan fingerprint density at radius 3 is 2.50 bits per heavy atom. The number of methoxy groups -OCH3 is 1. The predicted octanol–water partition coefficient (Wildman–Crippen LogP) is 3.76. The van der Waals surface area contributed by atoms with Gasteiger partial charge in [0.2, 0.25) is 5.62 Å². The molecule has 22 heavy (non-hydrogen) atoms. The van der Waals surface area contributed by atoms with Crippen LogP contribution in [0.25, 0.3) is 5.69 Å². The van der Waals surface area contributed by atoms with Crippen molar-refractivity contribution >= 4 is 11.6 Å². The molecule has 4 nitrogen and oxygen atoms in total. The highest BCUT2D eigenvalue weighted by atomic mass is 35.5. The summed E-state index contributed by atoms with van der Waals surface area (Å²) in [6.07, 6.45) is 3.06. The zero-order valence-electron chi connectivity index (χ0n) is 13.7. The normalized spacial score (nSPS) is 12.4. The van der Waals surface area contributed by atoms with Crippen LogP contribution in [0.4, 0.5) is 0 Å². The lowest BCUT2D eigenvalue weighted by atomic mass is 10.3. The van der Waals surface area contributed by atoms with E-state index >= 15 is 0 Å². The first-order valence-electron chi connectivity index (χ1n) is 7.60. The van der Waals surface area contributed by atoms with Crippen LogP contribution in [0.3, 0.4) is 0 Å². The maximum Gasteiger partial charge on any atom is 0.210 e. The van der Waals surface area contributed by atoms with Gasteiger partial charge in [0.25, 0.3) is 0 Å². The van der Waals surface area contributed by atoms with Crippen molar-refractivity contribution in [3.05, 3.63) is 46.8 Å². The number of hydrogen-bond acceptors (Lipinski definition) is 2. The number of nitrogens with zero attached hydrogens (tertiary/aromatic N) is 3. The van der Waals surface area contributed by atoms with Gasteiger partial charge in [0, 0.05) is 48.9 Å². The summed E-state index contributed by atoms with van der Waals surface area (Å²) in [5.74, 6) is 0. The van der Waals surface area contributed by atoms with Crippen molar-refractivity contribution in [3.63, 3.8) is 0 Å². The van der Waals surface area contributed by atoms with Gasteiger partial charge in [-0.3, -0.25) is 9.56 Å². The summed E-state index contributed by atoms with van der Waals surface area (Å²) in [6.45, 7) is 7.91. The van der Waals surface area contributed by atoms with Gasteiger partial charge in [-0.15, -0.1) is 0 Å². The molecule has 0 fully saturated rings. The zero-order valence-corrected chi connectivity index (χ0v) is 14.5. The van der Waals surface area contributed by atoms with E-state index in [-0.39, 0.29) is 0 Å². The molecule has 120 valence electrons. The Hall–Kier alpha value is -1.52. The fraction of sp³-hybridized carbons (Fsp3) is 0.471. The van der Waals surface area contributed by atoms with E-state index in [1.54, 1.807) is 7.11 Å². The summed E-state index contributed by atoms with van der Waals surface area (Å²) in [5, 5.41) is 0.740. The quantitative estimate of drug-likeness (QED) is 0.745. The van der Waals surface area contributed by atoms with Gasteiger partial charge in [-0.05, 0) is 51.5 Å². The highest BCUT2D eigenvalue weighted by Crippen LogP contribution is 2.15. The maximum atomic E-state index is 6.00. The van der Waals surface area contributed by atoms with Crippen LogP contribution in [-0.4, -0.2) is 29.4 Å². The van der Waals surface area contributed by atoms with Gasteiger partial charge in [-0.1, -0.05) is 11.6 Å². The minimum atomic E-state index is 0.355. The van der Waals surface area contributed by atoms with Crippen LogP contribution in [0, 0.1) is 6.92 Å². The Kier molecular flexibility index (Phi) is 5.86. The first kappa shape index (κ1) is 16.8. The van der Waals surface area contributed by atoms with Crippen molar-refractivity contribution in [2.24, 2.45) is 4.99 Å². The number of imidazole rings is 1. The molecule has 0 bridgehead atoms. The minimum absolute atomic E-state index is 0.355. The number of ether oxygens (including phenoxy) is 1. The molecule has 0 aliphatic rings. The van der Waals surface area contributed by atoms with E-state index in [2.05, 4.69) is 36.1 Å². The highest BCUT2D eigenvalue weighted by Gasteiger charge is 2.10. The third-order valence-electron chi connectivity index (χ3n) is 3.51. The molecule has 0 aliphatic heterocycles. The predicted molar refractivity (Wildman–Crippen MR) is 90.8 cm³/mol. The summed E-state index contributed by atoms with van der Waals surface area (Å²) < 4.78 is 9.48. The Balaban J connectivity index is 2.50. The Bertz CT molecular complexity index is 668. The Morgan fingerprint density at radius 1 is 1.23 bits per heavy atom. The van der Waals surface area contributed by atoms with Gasteiger partial charge >= 0.3 is 0 Å². The van der Waals surface area contributed by atoms with Gasteiger partial charge < -0.3 is 9.30 Å². The van der Waals surface area contributed by atoms with E-state index in [0.717, 1.165) is 41.6 Å². The molecule has 0 N–H and O–H groups in total. The maximum absolute atomic E-state index is 6.00. The first-order valence-corrected chi connectivity index (χ1v) is 7.98. The molecule has 0 spiro atoms. The van der Waals surface area contributed by atoms with Crippen LogP contribution in [0.5, 0.6) is 0 Å². The van der Waals surface area contributed by atoms with Crippen molar-refractivity contribution in [1.29, 1.82) is 0 Å². The molecule has 0 radical (unpaired) electrons. The molecule has 0 aliphatic carbocycles. The van der Waals surface area contributed by atoms with Gasteiger partial charge in [0.15, 0.2) is 0 Å². The Labute approximate surface area is 137 Å². The number of rotatable bonds is 6. The molecule has 0 amide bonds. The summed E-state index contributed by atoms with van der Waals surface area (Å²) in [5.41, 5.74) is 3.19. The molecular formula is C17H24ClN3O. The molecule has 0 unspecified atom stereocenters. The van der Waals surface area contributed by atoms with E-state index < -0.39 is 0 Å². The Morgan fingerprint density at radius 2 is 1.91 bits per heavy atom. The standard InChI is InChI=1S/C17H24ClN3O/c1-13(2)20-12-14(3)21(16-8-6-15(18)7-9-16)17(20)19-10-5-11-22-4/h6-9,12-13H,5,10-11H2,1-4H3. The van der Waals surface area contributed by atoms with Crippen molar-refractivity contribution in [2.75, 3.05) is 20.3 Å². The highest BCUT2D eigenvalue weighted by molar-refractivity contribution is 6.30. The average molecular weight is 322 g/mol. The summed E-state index contributed by atoms with van der Waals surface area (Å²) >= 11 is 6.00. The number of aromatic nitrogens is 2. The van der Waals surface area contributed by atoms with E-state index in [4.69, 9.17) is 21.3 Å². The fourth-order valence-corrected chi connectivity index (χ4v) is 2.55. The number of hydrogen-bond donors (Lipinski definition) is 0. The van der Waals surface area contributed by atoms with Crippen LogP contribution >= 0.6 is 11.6 Å². The van der Waals surface area contributed by atoms with Crippen LogP contribution in [0.15, 0.2) is 35.5 Å². The second kappa shape index (κ2) is 7.65. The number of halogens is 1. The molecule has 5 heteroatoms. The number of aryl methyl sites for hydroxylation is 1. The fourth-order valence-electron chi connectivity index (χ4n) is 2.42. The summed E-state index contributed by atoms with van der Waals surface area (Å²) in [7, 11) is 1.72. The lowest BCUT2D eigenvalue weighted by molar-refractivity contribution is 0.196. The minimum Gasteiger partial charge on any atom is -0.385 e. The lowest BCUT2D eigenvalue weighted by Crippen LogP contribution is -2.27. The third kappa shape index (κ3) is 3.81. The van der Waals surface area contributed by atoms with Gasteiger partial charge in [0.05, 0.1) is 0 Å². The first-order chi connectivity index (χ1) is 10.5. The van der Waals surface area contributed by atoms with Crippen LogP contribution < -0.4 is 5.62 Å². The molecule has 2 rings (SSSR count). The second-order valence-electron chi connectivity index (χ2n) is 5.61. The average Bonchev–Trinajstić information content (AvgIpc) is 2.82. The van der Waals surface area contributed by atoms with E-state index in [1.165, 1.54) is 0 Å². The van der Waals surface area contributed by atoms with Crippen LogP contribution in [-0.2, 0) is 4.74 Å². The molecule has 1 heterocycles. The second-order valence-corrected chi connectivity index (χ2v) is 6.05. The van der Waals surface area contributed by atoms with E-state index in [1.807, 2.05) is 24.3 Å². The molecule has 0 saturated heterocycles. The molecule has 1 aromatic carbocycles. The SMILES string of the molecule is COCCCN=c1n(C(C)C)cc(C)n1-c1ccc(Cl)cc1. The molecule has 0 atom stereocenters. The summed E-state index contributed by atoms with van der Waals surface area (Å²) in [4.78, 5) is 4.80. The molecule has 1 aromatic heterocycles. The third-order valence-corrected chi connectivity index (χ3v) is 3.76. The zero-order chi connectivity index (χ0) is 16.1. The van der Waals surface area contributed by atoms with Gasteiger partial charge in [0.1, 0.15) is 0 Å². The van der Waals surface area contributed by atoms with Crippen molar-refractivity contribution < 1.29 is 4.74 Å². The van der Waals surface area contributed by atoms with Crippen molar-refractivity contribution in [1.82, 2.24) is 9.13 Å². The van der Waals surface area contributed by atoms with E-state index in [9.17, 15) is 0 Å². The topological polar surface area (TPSA) is 31.4 Å².